The molecule has 0 saturated carbocycles. The molecule has 4 nitrogen and oxygen atoms in total. The molecule has 0 atom stereocenters. The van der Waals surface area contributed by atoms with E-state index >= 15 is 0 Å². The zero-order valence-corrected chi connectivity index (χ0v) is 13.5. The van der Waals surface area contributed by atoms with Gasteiger partial charge in [0.1, 0.15) is 5.70 Å². The number of carbonyl (C=O) groups is 2. The first-order valence-corrected chi connectivity index (χ1v) is 7.52. The van der Waals surface area contributed by atoms with Crippen LogP contribution < -0.4 is 5.32 Å². The minimum absolute atomic E-state index is 0.286. The molecule has 23 heavy (non-hydrogen) atoms. The molecular weight excluding hydrogens is 312 g/mol. The van der Waals surface area contributed by atoms with E-state index < -0.39 is 0 Å². The molecule has 0 radical (unpaired) electrons. The van der Waals surface area contributed by atoms with E-state index in [0.29, 0.717) is 16.2 Å². The number of aryl methyl sites for hydroxylation is 1. The Morgan fingerprint density at radius 3 is 2.35 bits per heavy atom. The van der Waals surface area contributed by atoms with Crippen LogP contribution in [0, 0.1) is 6.92 Å². The molecule has 0 fully saturated rings. The maximum absolute atomic E-state index is 12.4. The fraction of sp³-hybridized carbons (Fsp3) is 0.111. The fourth-order valence-electron chi connectivity index (χ4n) is 2.53. The summed E-state index contributed by atoms with van der Waals surface area (Å²) >= 11 is 5.96. The Bertz CT molecular complexity index is 828. The van der Waals surface area contributed by atoms with E-state index in [-0.39, 0.29) is 17.5 Å². The second-order valence-corrected chi connectivity index (χ2v) is 5.81. The number of hydrogen-bond acceptors (Lipinski definition) is 3. The molecular formula is C18H15ClN2O2. The van der Waals surface area contributed by atoms with E-state index in [9.17, 15) is 9.59 Å². The van der Waals surface area contributed by atoms with Crippen LogP contribution in [0.25, 0.3) is 5.57 Å². The van der Waals surface area contributed by atoms with Gasteiger partial charge in [0.05, 0.1) is 5.57 Å². The van der Waals surface area contributed by atoms with Crippen LogP contribution in [-0.2, 0) is 9.59 Å². The first kappa shape index (κ1) is 15.3. The molecule has 1 aliphatic heterocycles. The van der Waals surface area contributed by atoms with Crippen LogP contribution in [0.15, 0.2) is 54.2 Å². The van der Waals surface area contributed by atoms with Crippen molar-refractivity contribution in [1.29, 1.82) is 0 Å². The highest BCUT2D eigenvalue weighted by Crippen LogP contribution is 2.30. The van der Waals surface area contributed by atoms with Crippen LogP contribution >= 0.6 is 11.6 Å². The van der Waals surface area contributed by atoms with E-state index in [2.05, 4.69) is 5.32 Å². The number of hydrogen-bond donors (Lipinski definition) is 1. The minimum atomic E-state index is -0.344. The van der Waals surface area contributed by atoms with Crippen molar-refractivity contribution in [3.05, 3.63) is 70.4 Å². The van der Waals surface area contributed by atoms with Gasteiger partial charge in [0.25, 0.3) is 11.8 Å². The first-order chi connectivity index (χ1) is 11.0. The van der Waals surface area contributed by atoms with E-state index in [0.717, 1.165) is 16.2 Å². The van der Waals surface area contributed by atoms with E-state index in [1.807, 2.05) is 37.3 Å². The number of rotatable bonds is 3. The molecule has 5 heteroatoms. The zero-order valence-electron chi connectivity index (χ0n) is 12.8. The molecule has 2 amide bonds. The van der Waals surface area contributed by atoms with Gasteiger partial charge in [-0.15, -0.1) is 0 Å². The molecule has 0 spiro atoms. The quantitative estimate of drug-likeness (QED) is 0.879. The molecule has 1 N–H and O–H groups in total. The normalized spacial score (nSPS) is 14.7. The highest BCUT2D eigenvalue weighted by Gasteiger charge is 2.36. The Labute approximate surface area is 139 Å². The number of likely N-dealkylation sites (N-methyl/N-ethyl adjacent to an activating group) is 1. The lowest BCUT2D eigenvalue weighted by molar-refractivity contribution is -0.135. The predicted molar refractivity (Wildman–Crippen MR) is 91.0 cm³/mol. The van der Waals surface area contributed by atoms with Crippen LogP contribution in [0.4, 0.5) is 5.69 Å². The van der Waals surface area contributed by atoms with Crippen molar-refractivity contribution in [2.45, 2.75) is 6.92 Å². The van der Waals surface area contributed by atoms with Crippen LogP contribution in [0.2, 0.25) is 5.02 Å². The van der Waals surface area contributed by atoms with E-state index in [1.165, 1.54) is 7.05 Å². The molecule has 2 aromatic carbocycles. The zero-order chi connectivity index (χ0) is 16.6. The van der Waals surface area contributed by atoms with Gasteiger partial charge in [-0.2, -0.15) is 0 Å². The molecule has 0 unspecified atom stereocenters. The lowest BCUT2D eigenvalue weighted by atomic mass is 10.0. The van der Waals surface area contributed by atoms with Crippen molar-refractivity contribution in [2.24, 2.45) is 0 Å². The summed E-state index contributed by atoms with van der Waals surface area (Å²) < 4.78 is 0. The SMILES string of the molecule is Cc1cc(Cl)ccc1NC1=C(c2ccccc2)C(=O)N(C)C1=O. The summed E-state index contributed by atoms with van der Waals surface area (Å²) in [7, 11) is 1.48. The minimum Gasteiger partial charge on any atom is -0.350 e. The Kier molecular flexibility index (Phi) is 3.92. The fourth-order valence-corrected chi connectivity index (χ4v) is 2.76. The lowest BCUT2D eigenvalue weighted by Crippen LogP contribution is -2.28. The van der Waals surface area contributed by atoms with Crippen molar-refractivity contribution < 1.29 is 9.59 Å². The average molecular weight is 327 g/mol. The highest BCUT2D eigenvalue weighted by molar-refractivity contribution is 6.36. The van der Waals surface area contributed by atoms with Crippen molar-refractivity contribution >= 4 is 34.7 Å². The number of nitrogens with one attached hydrogen (secondary N) is 1. The maximum Gasteiger partial charge on any atom is 0.277 e. The monoisotopic (exact) mass is 326 g/mol. The Morgan fingerprint density at radius 2 is 1.70 bits per heavy atom. The van der Waals surface area contributed by atoms with Crippen molar-refractivity contribution in [3.8, 4) is 0 Å². The lowest BCUT2D eigenvalue weighted by Gasteiger charge is -2.11. The van der Waals surface area contributed by atoms with Gasteiger partial charge in [0, 0.05) is 17.8 Å². The summed E-state index contributed by atoms with van der Waals surface area (Å²) in [4.78, 5) is 26.0. The van der Waals surface area contributed by atoms with Gasteiger partial charge >= 0.3 is 0 Å². The molecule has 0 bridgehead atoms. The van der Waals surface area contributed by atoms with Crippen LogP contribution in [0.3, 0.4) is 0 Å². The van der Waals surface area contributed by atoms with Gasteiger partial charge in [-0.05, 0) is 36.2 Å². The molecule has 0 aromatic heterocycles. The third-order valence-corrected chi connectivity index (χ3v) is 4.03. The number of anilines is 1. The largest absolute Gasteiger partial charge is 0.350 e. The van der Waals surface area contributed by atoms with Crippen LogP contribution in [-0.4, -0.2) is 23.8 Å². The number of imide groups is 1. The molecule has 3 rings (SSSR count). The Balaban J connectivity index is 2.10. The number of amides is 2. The summed E-state index contributed by atoms with van der Waals surface area (Å²) in [5.41, 5.74) is 3.02. The summed E-state index contributed by atoms with van der Waals surface area (Å²) in [5, 5.41) is 3.73. The third-order valence-electron chi connectivity index (χ3n) is 3.80. The predicted octanol–water partition coefficient (Wildman–Crippen LogP) is 3.47. The number of carbonyl (C=O) groups excluding carboxylic acids is 2. The number of benzene rings is 2. The van der Waals surface area contributed by atoms with Gasteiger partial charge in [0.15, 0.2) is 0 Å². The molecule has 0 aliphatic carbocycles. The summed E-state index contributed by atoms with van der Waals surface area (Å²) in [6, 6.07) is 14.5. The molecule has 116 valence electrons. The number of nitrogens with zero attached hydrogens (tertiary/aromatic N) is 1. The van der Waals surface area contributed by atoms with Gasteiger partial charge < -0.3 is 5.32 Å². The van der Waals surface area contributed by atoms with Crippen molar-refractivity contribution in [3.63, 3.8) is 0 Å². The second-order valence-electron chi connectivity index (χ2n) is 5.37. The molecule has 1 heterocycles. The van der Waals surface area contributed by atoms with Crippen molar-refractivity contribution in [1.82, 2.24) is 4.90 Å². The number of halogens is 1. The molecule has 1 aliphatic rings. The Hall–Kier alpha value is -2.59. The Morgan fingerprint density at radius 1 is 1.00 bits per heavy atom. The molecule has 0 saturated heterocycles. The van der Waals surface area contributed by atoms with Gasteiger partial charge in [-0.3, -0.25) is 14.5 Å². The summed E-state index contributed by atoms with van der Waals surface area (Å²) in [5.74, 6) is -0.654. The average Bonchev–Trinajstić information content (AvgIpc) is 2.75. The van der Waals surface area contributed by atoms with Crippen LogP contribution in [0.5, 0.6) is 0 Å². The van der Waals surface area contributed by atoms with E-state index in [4.69, 9.17) is 11.6 Å². The van der Waals surface area contributed by atoms with Crippen LogP contribution in [0.1, 0.15) is 11.1 Å². The van der Waals surface area contributed by atoms with Gasteiger partial charge in [0.2, 0.25) is 0 Å². The smallest absolute Gasteiger partial charge is 0.277 e. The van der Waals surface area contributed by atoms with Gasteiger partial charge in [-0.25, -0.2) is 0 Å². The first-order valence-electron chi connectivity index (χ1n) is 7.14. The summed E-state index contributed by atoms with van der Waals surface area (Å²) in [6.07, 6.45) is 0. The van der Waals surface area contributed by atoms with E-state index in [1.54, 1.807) is 18.2 Å². The van der Waals surface area contributed by atoms with Gasteiger partial charge in [-0.1, -0.05) is 41.9 Å². The highest BCUT2D eigenvalue weighted by atomic mass is 35.5. The third kappa shape index (κ3) is 2.73. The maximum atomic E-state index is 12.4. The second kappa shape index (κ2) is 5.89. The summed E-state index contributed by atoms with van der Waals surface area (Å²) in [6.45, 7) is 1.89. The topological polar surface area (TPSA) is 49.4 Å². The molecule has 2 aromatic rings. The van der Waals surface area contributed by atoms with Crippen molar-refractivity contribution in [2.75, 3.05) is 12.4 Å². The standard InChI is InChI=1S/C18H15ClN2O2/c1-11-10-13(19)8-9-14(11)20-16-15(12-6-4-3-5-7-12)17(22)21(2)18(16)23/h3-10,20H,1-2H3.